The first-order chi connectivity index (χ1) is 13.0. The van der Waals surface area contributed by atoms with Crippen LogP contribution in [0.4, 0.5) is 4.39 Å². The highest BCUT2D eigenvalue weighted by Crippen LogP contribution is 2.38. The zero-order valence-corrected chi connectivity index (χ0v) is 16.1. The first-order valence-corrected chi connectivity index (χ1v) is 8.58. The fraction of sp³-hybridized carbons (Fsp3) is 0.350. The van der Waals surface area contributed by atoms with E-state index in [1.807, 2.05) is 13.1 Å². The molecule has 2 aromatic rings. The van der Waals surface area contributed by atoms with Crippen LogP contribution < -0.4 is 24.4 Å². The van der Waals surface area contributed by atoms with Crippen molar-refractivity contribution < 1.29 is 28.3 Å². The van der Waals surface area contributed by atoms with Gasteiger partial charge >= 0.3 is 0 Å². The lowest BCUT2D eigenvalue weighted by atomic mass is 10.1. The summed E-state index contributed by atoms with van der Waals surface area (Å²) in [5, 5.41) is 2.88. The van der Waals surface area contributed by atoms with E-state index < -0.39 is 0 Å². The van der Waals surface area contributed by atoms with E-state index in [1.165, 1.54) is 12.1 Å². The molecule has 0 aliphatic heterocycles. The Labute approximate surface area is 158 Å². The number of halogens is 1. The van der Waals surface area contributed by atoms with Crippen molar-refractivity contribution in [1.82, 2.24) is 5.32 Å². The lowest BCUT2D eigenvalue weighted by Crippen LogP contribution is -3.08. The molecule has 0 fully saturated rings. The predicted molar refractivity (Wildman–Crippen MR) is 99.8 cm³/mol. The first kappa shape index (κ1) is 20.5. The zero-order valence-electron chi connectivity index (χ0n) is 16.1. The average molecular weight is 377 g/mol. The Morgan fingerprint density at radius 3 is 2.26 bits per heavy atom. The molecule has 0 bridgehead atoms. The average Bonchev–Trinajstić information content (AvgIpc) is 2.65. The van der Waals surface area contributed by atoms with Gasteiger partial charge in [0.05, 0.1) is 28.4 Å². The third-order valence-electron chi connectivity index (χ3n) is 4.07. The molecule has 1 amide bonds. The van der Waals surface area contributed by atoms with Gasteiger partial charge in [0.15, 0.2) is 18.0 Å². The number of quaternary nitrogens is 1. The van der Waals surface area contributed by atoms with Crippen molar-refractivity contribution in [3.8, 4) is 17.2 Å². The van der Waals surface area contributed by atoms with Crippen LogP contribution >= 0.6 is 0 Å². The molecule has 27 heavy (non-hydrogen) atoms. The van der Waals surface area contributed by atoms with Gasteiger partial charge in [-0.25, -0.2) is 4.39 Å². The second-order valence-electron chi connectivity index (χ2n) is 6.25. The van der Waals surface area contributed by atoms with E-state index in [1.54, 1.807) is 39.5 Å². The van der Waals surface area contributed by atoms with E-state index in [0.717, 1.165) is 16.0 Å². The Morgan fingerprint density at radius 1 is 1.04 bits per heavy atom. The van der Waals surface area contributed by atoms with Gasteiger partial charge in [-0.2, -0.15) is 0 Å². The Bertz CT molecular complexity index is 757. The topological polar surface area (TPSA) is 61.2 Å². The minimum atomic E-state index is -0.271. The third kappa shape index (κ3) is 5.86. The molecule has 0 aromatic heterocycles. The van der Waals surface area contributed by atoms with E-state index in [2.05, 4.69) is 5.32 Å². The molecule has 146 valence electrons. The highest BCUT2D eigenvalue weighted by Gasteiger charge is 2.15. The molecular formula is C20H26FN2O4+. The van der Waals surface area contributed by atoms with Gasteiger partial charge in [0.25, 0.3) is 5.91 Å². The summed E-state index contributed by atoms with van der Waals surface area (Å²) in [7, 11) is 6.53. The van der Waals surface area contributed by atoms with Gasteiger partial charge in [-0.3, -0.25) is 4.79 Å². The van der Waals surface area contributed by atoms with Crippen LogP contribution in [0.25, 0.3) is 0 Å². The van der Waals surface area contributed by atoms with Crippen LogP contribution in [0.3, 0.4) is 0 Å². The summed E-state index contributed by atoms with van der Waals surface area (Å²) in [6.45, 7) is 1.18. The molecule has 2 rings (SSSR count). The fourth-order valence-electron chi connectivity index (χ4n) is 2.83. The molecule has 0 spiro atoms. The maximum absolute atomic E-state index is 13.2. The van der Waals surface area contributed by atoms with Crippen LogP contribution in [-0.2, 0) is 17.9 Å². The summed E-state index contributed by atoms with van der Waals surface area (Å²) in [6.07, 6.45) is 0. The summed E-state index contributed by atoms with van der Waals surface area (Å²) >= 11 is 0. The smallest absolute Gasteiger partial charge is 0.275 e. The normalized spacial score (nSPS) is 11.6. The van der Waals surface area contributed by atoms with Gasteiger partial charge in [0.2, 0.25) is 5.75 Å². The van der Waals surface area contributed by atoms with Crippen molar-refractivity contribution in [2.75, 3.05) is 34.9 Å². The molecule has 0 saturated carbocycles. The maximum Gasteiger partial charge on any atom is 0.275 e. The summed E-state index contributed by atoms with van der Waals surface area (Å²) < 4.78 is 29.2. The minimum Gasteiger partial charge on any atom is -0.493 e. The lowest BCUT2D eigenvalue weighted by Gasteiger charge is -2.16. The molecule has 0 saturated heterocycles. The number of rotatable bonds is 9. The van der Waals surface area contributed by atoms with Crippen molar-refractivity contribution in [2.45, 2.75) is 13.1 Å². The van der Waals surface area contributed by atoms with Crippen LogP contribution in [0.2, 0.25) is 0 Å². The first-order valence-electron chi connectivity index (χ1n) is 8.58. The molecular weight excluding hydrogens is 351 g/mol. The number of benzene rings is 2. The SMILES string of the molecule is COc1cc(CNC(=O)C[NH+](C)Cc2cccc(F)c2)cc(OC)c1OC. The summed E-state index contributed by atoms with van der Waals surface area (Å²) in [4.78, 5) is 13.2. The lowest BCUT2D eigenvalue weighted by molar-refractivity contribution is -0.885. The zero-order chi connectivity index (χ0) is 19.8. The van der Waals surface area contributed by atoms with Crippen LogP contribution in [0, 0.1) is 5.82 Å². The van der Waals surface area contributed by atoms with E-state index in [-0.39, 0.29) is 18.3 Å². The van der Waals surface area contributed by atoms with E-state index in [0.29, 0.717) is 30.3 Å². The summed E-state index contributed by atoms with van der Waals surface area (Å²) in [5.41, 5.74) is 1.69. The highest BCUT2D eigenvalue weighted by atomic mass is 19.1. The molecule has 2 aromatic carbocycles. The predicted octanol–water partition coefficient (Wildman–Crippen LogP) is 1.18. The fourth-order valence-corrected chi connectivity index (χ4v) is 2.83. The molecule has 0 heterocycles. The molecule has 6 nitrogen and oxygen atoms in total. The number of methoxy groups -OCH3 is 3. The molecule has 1 atom stereocenters. The van der Waals surface area contributed by atoms with Crippen molar-refractivity contribution >= 4 is 5.91 Å². The van der Waals surface area contributed by atoms with Gasteiger partial charge in [0.1, 0.15) is 12.4 Å². The van der Waals surface area contributed by atoms with E-state index in [4.69, 9.17) is 14.2 Å². The highest BCUT2D eigenvalue weighted by molar-refractivity contribution is 5.76. The number of ether oxygens (including phenoxy) is 3. The molecule has 0 aliphatic rings. The van der Waals surface area contributed by atoms with Gasteiger partial charge < -0.3 is 24.4 Å². The van der Waals surface area contributed by atoms with Gasteiger partial charge in [0, 0.05) is 12.1 Å². The number of carbonyl (C=O) groups is 1. The largest absolute Gasteiger partial charge is 0.493 e. The maximum atomic E-state index is 13.2. The van der Waals surface area contributed by atoms with Gasteiger partial charge in [-0.05, 0) is 29.8 Å². The van der Waals surface area contributed by atoms with E-state index >= 15 is 0 Å². The van der Waals surface area contributed by atoms with E-state index in [9.17, 15) is 9.18 Å². The third-order valence-corrected chi connectivity index (χ3v) is 4.07. The summed E-state index contributed by atoms with van der Waals surface area (Å²) in [6, 6.07) is 10.00. The number of likely N-dealkylation sites (N-methyl/N-ethyl adjacent to an activating group) is 1. The van der Waals surface area contributed by atoms with Crippen molar-refractivity contribution in [2.24, 2.45) is 0 Å². The molecule has 1 unspecified atom stereocenters. The van der Waals surface area contributed by atoms with Crippen LogP contribution in [-0.4, -0.2) is 40.8 Å². The van der Waals surface area contributed by atoms with Crippen LogP contribution in [0.15, 0.2) is 36.4 Å². The number of amides is 1. The number of nitrogens with one attached hydrogen (secondary N) is 2. The molecule has 2 N–H and O–H groups in total. The number of carbonyl (C=O) groups excluding carboxylic acids is 1. The van der Waals surface area contributed by atoms with Gasteiger partial charge in [-0.15, -0.1) is 0 Å². The van der Waals surface area contributed by atoms with Crippen molar-refractivity contribution in [3.63, 3.8) is 0 Å². The Balaban J connectivity index is 1.93. The number of hydrogen-bond acceptors (Lipinski definition) is 4. The Morgan fingerprint density at radius 2 is 1.70 bits per heavy atom. The van der Waals surface area contributed by atoms with Crippen LogP contribution in [0.1, 0.15) is 11.1 Å². The number of hydrogen-bond donors (Lipinski definition) is 2. The molecule has 7 heteroatoms. The van der Waals surface area contributed by atoms with Crippen LogP contribution in [0.5, 0.6) is 17.2 Å². The minimum absolute atomic E-state index is 0.0994. The van der Waals surface area contributed by atoms with Crippen molar-refractivity contribution in [1.29, 1.82) is 0 Å². The van der Waals surface area contributed by atoms with Crippen molar-refractivity contribution in [3.05, 3.63) is 53.3 Å². The second kappa shape index (κ2) is 9.78. The quantitative estimate of drug-likeness (QED) is 0.689. The molecule has 0 radical (unpaired) electrons. The summed E-state index contributed by atoms with van der Waals surface area (Å²) in [5.74, 6) is 1.21. The monoisotopic (exact) mass is 377 g/mol. The van der Waals surface area contributed by atoms with Gasteiger partial charge in [-0.1, -0.05) is 12.1 Å². The Kier molecular flexibility index (Phi) is 7.43. The molecule has 0 aliphatic carbocycles. The standard InChI is InChI=1S/C20H25FN2O4/c1-23(12-14-6-5-7-16(21)8-14)13-19(24)22-11-15-9-17(25-2)20(27-4)18(10-15)26-3/h5-10H,11-13H2,1-4H3,(H,22,24)/p+1. The Hall–Kier alpha value is -2.80. The second-order valence-corrected chi connectivity index (χ2v) is 6.25.